The van der Waals surface area contributed by atoms with Crippen LogP contribution in [-0.4, -0.2) is 16.2 Å². The van der Waals surface area contributed by atoms with E-state index >= 15 is 0 Å². The molecule has 0 radical (unpaired) electrons. The Labute approximate surface area is 196 Å². The minimum atomic E-state index is -0.444. The van der Waals surface area contributed by atoms with E-state index in [-0.39, 0.29) is 6.03 Å². The Morgan fingerprint density at radius 1 is 0.970 bits per heavy atom. The second-order valence-corrected chi connectivity index (χ2v) is 8.26. The summed E-state index contributed by atoms with van der Waals surface area (Å²) in [6.07, 6.45) is 0. The molecule has 6 nitrogen and oxygen atoms in total. The lowest BCUT2D eigenvalue weighted by molar-refractivity contribution is 0.244. The predicted octanol–water partition coefficient (Wildman–Crippen LogP) is 6.40. The van der Waals surface area contributed by atoms with Crippen LogP contribution in [0.3, 0.4) is 0 Å². The number of halogens is 1. The highest BCUT2D eigenvalue weighted by Crippen LogP contribution is 2.39. The first-order chi connectivity index (χ1) is 16.0. The number of nitrogens with one attached hydrogen (secondary N) is 1. The lowest BCUT2D eigenvalue weighted by Crippen LogP contribution is -2.46. The fourth-order valence-electron chi connectivity index (χ4n) is 3.98. The standard InChI is InChI=1S/C26H21ClN4O2/c1-16-13-14-20(15-21(16)27)31-17(2)22(23(28-26(31)32)18-9-5-3-6-10-18)25-29-24(30-33-25)19-11-7-4-8-12-19/h3-15,23H,1-2H3,(H,28,32). The van der Waals surface area contributed by atoms with Crippen LogP contribution >= 0.6 is 11.6 Å². The van der Waals surface area contributed by atoms with Crippen molar-refractivity contribution in [3.63, 3.8) is 0 Å². The average molecular weight is 457 g/mol. The molecule has 0 spiro atoms. The van der Waals surface area contributed by atoms with Crippen molar-refractivity contribution in [2.24, 2.45) is 0 Å². The van der Waals surface area contributed by atoms with Crippen molar-refractivity contribution < 1.29 is 9.32 Å². The van der Waals surface area contributed by atoms with Crippen molar-refractivity contribution in [2.75, 3.05) is 4.90 Å². The summed E-state index contributed by atoms with van der Waals surface area (Å²) in [6, 6.07) is 24.2. The number of carbonyl (C=O) groups excluding carboxylic acids is 1. The summed E-state index contributed by atoms with van der Waals surface area (Å²) >= 11 is 6.36. The van der Waals surface area contributed by atoms with E-state index in [0.29, 0.717) is 28.1 Å². The number of hydrogen-bond donors (Lipinski definition) is 1. The molecule has 1 aliphatic heterocycles. The maximum absolute atomic E-state index is 13.3. The normalized spacial score (nSPS) is 16.2. The van der Waals surface area contributed by atoms with E-state index in [1.54, 1.807) is 11.0 Å². The second-order valence-electron chi connectivity index (χ2n) is 7.85. The van der Waals surface area contributed by atoms with Crippen molar-refractivity contribution in [1.82, 2.24) is 15.5 Å². The first kappa shape index (κ1) is 21.0. The molecule has 5 rings (SSSR count). The van der Waals surface area contributed by atoms with E-state index in [0.717, 1.165) is 22.3 Å². The SMILES string of the molecule is CC1=C(c2nc(-c3ccccc3)no2)C(c2ccccc2)NC(=O)N1c1ccc(C)c(Cl)c1. The topological polar surface area (TPSA) is 71.3 Å². The summed E-state index contributed by atoms with van der Waals surface area (Å²) in [5.74, 6) is 0.836. The largest absolute Gasteiger partial charge is 0.334 e. The molecule has 0 aliphatic carbocycles. The number of aromatic nitrogens is 2. The zero-order valence-corrected chi connectivity index (χ0v) is 18.9. The van der Waals surface area contributed by atoms with E-state index in [9.17, 15) is 4.79 Å². The lowest BCUT2D eigenvalue weighted by atomic mass is 9.94. The maximum Gasteiger partial charge on any atom is 0.326 e. The van der Waals surface area contributed by atoms with Crippen molar-refractivity contribution in [3.05, 3.63) is 107 Å². The van der Waals surface area contributed by atoms with Crippen LogP contribution in [-0.2, 0) is 0 Å². The van der Waals surface area contributed by atoms with Gasteiger partial charge in [-0.05, 0) is 37.1 Å². The summed E-state index contributed by atoms with van der Waals surface area (Å²) in [7, 11) is 0. The molecule has 1 unspecified atom stereocenters. The lowest BCUT2D eigenvalue weighted by Gasteiger charge is -2.35. The number of benzene rings is 3. The monoisotopic (exact) mass is 456 g/mol. The van der Waals surface area contributed by atoms with Crippen LogP contribution in [0, 0.1) is 6.92 Å². The van der Waals surface area contributed by atoms with E-state index in [1.807, 2.05) is 86.6 Å². The van der Waals surface area contributed by atoms with Crippen molar-refractivity contribution >= 4 is 28.9 Å². The fourth-order valence-corrected chi connectivity index (χ4v) is 4.16. The van der Waals surface area contributed by atoms with E-state index in [2.05, 4.69) is 15.5 Å². The van der Waals surface area contributed by atoms with Crippen LogP contribution in [0.15, 0.2) is 89.1 Å². The number of amides is 2. The highest BCUT2D eigenvalue weighted by molar-refractivity contribution is 6.31. The Bertz CT molecular complexity index is 1350. The number of aryl methyl sites for hydroxylation is 1. The molecule has 1 aromatic heterocycles. The van der Waals surface area contributed by atoms with Gasteiger partial charge in [0.05, 0.1) is 17.3 Å². The summed E-state index contributed by atoms with van der Waals surface area (Å²) in [5.41, 5.74) is 4.78. The Morgan fingerprint density at radius 2 is 1.67 bits per heavy atom. The molecule has 33 heavy (non-hydrogen) atoms. The predicted molar refractivity (Wildman–Crippen MR) is 129 cm³/mol. The van der Waals surface area contributed by atoms with Gasteiger partial charge in [0.25, 0.3) is 5.89 Å². The second kappa shape index (κ2) is 8.56. The molecular formula is C26H21ClN4O2. The smallest absolute Gasteiger partial charge is 0.326 e. The first-order valence-corrected chi connectivity index (χ1v) is 10.9. The molecule has 1 atom stereocenters. The van der Waals surface area contributed by atoms with Gasteiger partial charge in [-0.25, -0.2) is 4.79 Å². The van der Waals surface area contributed by atoms with Gasteiger partial charge in [-0.3, -0.25) is 4.90 Å². The molecule has 0 bridgehead atoms. The van der Waals surface area contributed by atoms with Gasteiger partial charge < -0.3 is 9.84 Å². The molecule has 2 amide bonds. The number of nitrogens with zero attached hydrogens (tertiary/aromatic N) is 3. The summed E-state index contributed by atoms with van der Waals surface area (Å²) in [5, 5.41) is 7.88. The molecule has 7 heteroatoms. The zero-order valence-electron chi connectivity index (χ0n) is 18.1. The fraction of sp³-hybridized carbons (Fsp3) is 0.115. The van der Waals surface area contributed by atoms with Crippen LogP contribution in [0.25, 0.3) is 17.0 Å². The van der Waals surface area contributed by atoms with E-state index < -0.39 is 6.04 Å². The van der Waals surface area contributed by atoms with Gasteiger partial charge >= 0.3 is 6.03 Å². The van der Waals surface area contributed by atoms with Crippen molar-refractivity contribution in [2.45, 2.75) is 19.9 Å². The van der Waals surface area contributed by atoms with Crippen molar-refractivity contribution in [1.29, 1.82) is 0 Å². The van der Waals surface area contributed by atoms with Gasteiger partial charge in [0.2, 0.25) is 5.82 Å². The molecular weight excluding hydrogens is 436 g/mol. The summed E-state index contributed by atoms with van der Waals surface area (Å²) < 4.78 is 5.72. The highest BCUT2D eigenvalue weighted by Gasteiger charge is 2.36. The van der Waals surface area contributed by atoms with Gasteiger partial charge in [0, 0.05) is 16.3 Å². The average Bonchev–Trinajstić information content (AvgIpc) is 3.32. The van der Waals surface area contributed by atoms with Crippen LogP contribution in [0.5, 0.6) is 0 Å². The molecule has 0 saturated carbocycles. The number of urea groups is 1. The number of rotatable bonds is 4. The van der Waals surface area contributed by atoms with Gasteiger partial charge in [0.15, 0.2) is 0 Å². The summed E-state index contributed by atoms with van der Waals surface area (Å²) in [4.78, 5) is 19.5. The third-order valence-electron chi connectivity index (χ3n) is 5.72. The molecule has 164 valence electrons. The Balaban J connectivity index is 1.66. The van der Waals surface area contributed by atoms with Crippen LogP contribution in [0.1, 0.15) is 30.0 Å². The number of hydrogen-bond acceptors (Lipinski definition) is 4. The number of anilines is 1. The quantitative estimate of drug-likeness (QED) is 0.385. The van der Waals surface area contributed by atoms with Crippen LogP contribution in [0.4, 0.5) is 10.5 Å². The van der Waals surface area contributed by atoms with Crippen LogP contribution < -0.4 is 10.2 Å². The molecule has 3 aromatic carbocycles. The number of allylic oxidation sites excluding steroid dienone is 1. The molecule has 0 saturated heterocycles. The molecule has 2 heterocycles. The molecule has 4 aromatic rings. The maximum atomic E-state index is 13.3. The van der Waals surface area contributed by atoms with Gasteiger partial charge in [-0.15, -0.1) is 0 Å². The third-order valence-corrected chi connectivity index (χ3v) is 6.13. The van der Waals surface area contributed by atoms with Gasteiger partial charge in [-0.1, -0.05) is 83.5 Å². The molecule has 1 N–H and O–H groups in total. The molecule has 1 aliphatic rings. The Hall–Kier alpha value is -3.90. The Kier molecular flexibility index (Phi) is 5.44. The van der Waals surface area contributed by atoms with Gasteiger partial charge in [-0.2, -0.15) is 4.98 Å². The zero-order chi connectivity index (χ0) is 22.9. The first-order valence-electron chi connectivity index (χ1n) is 10.5. The van der Waals surface area contributed by atoms with Crippen LogP contribution in [0.2, 0.25) is 5.02 Å². The number of carbonyl (C=O) groups is 1. The van der Waals surface area contributed by atoms with Crippen molar-refractivity contribution in [3.8, 4) is 11.4 Å². The minimum absolute atomic E-state index is 0.257. The van der Waals surface area contributed by atoms with E-state index in [4.69, 9.17) is 16.1 Å². The minimum Gasteiger partial charge on any atom is -0.334 e. The van der Waals surface area contributed by atoms with Gasteiger partial charge in [0.1, 0.15) is 0 Å². The highest BCUT2D eigenvalue weighted by atomic mass is 35.5. The van der Waals surface area contributed by atoms with E-state index in [1.165, 1.54) is 0 Å². The third kappa shape index (κ3) is 3.90. The summed E-state index contributed by atoms with van der Waals surface area (Å²) in [6.45, 7) is 3.80. The molecule has 0 fully saturated rings. The Morgan fingerprint density at radius 3 is 2.36 bits per heavy atom.